The second-order valence-corrected chi connectivity index (χ2v) is 7.17. The highest BCUT2D eigenvalue weighted by molar-refractivity contribution is 6.32. The van der Waals surface area contributed by atoms with Gasteiger partial charge in [0, 0.05) is 41.6 Å². The van der Waals surface area contributed by atoms with Crippen molar-refractivity contribution in [2.75, 3.05) is 6.54 Å². The van der Waals surface area contributed by atoms with Crippen molar-refractivity contribution in [3.63, 3.8) is 0 Å². The van der Waals surface area contributed by atoms with Crippen LogP contribution in [-0.2, 0) is 11.2 Å². The van der Waals surface area contributed by atoms with Gasteiger partial charge >= 0.3 is 0 Å². The van der Waals surface area contributed by atoms with Crippen LogP contribution < -0.4 is 10.1 Å². The van der Waals surface area contributed by atoms with Gasteiger partial charge in [0.15, 0.2) is 0 Å². The van der Waals surface area contributed by atoms with E-state index >= 15 is 0 Å². The third-order valence-electron chi connectivity index (χ3n) is 4.62. The van der Waals surface area contributed by atoms with E-state index in [1.54, 1.807) is 18.5 Å². The molecule has 0 saturated carbocycles. The first-order chi connectivity index (χ1) is 14.5. The standard InChI is InChI=1S/C22H16ClF2N3O2/c23-19-8-14(16-9-26-12-27-10-16)5-15-7-18(30-22(15)19)11-28-21(29)4-1-13-6-17(24)2-3-20(13)25/h1-6,8-10,12,18H,7,11H2,(H,28,29). The number of carbonyl (C=O) groups is 1. The normalized spacial score (nSPS) is 15.1. The number of nitrogens with one attached hydrogen (secondary N) is 1. The Morgan fingerprint density at radius 2 is 2.00 bits per heavy atom. The molecular weight excluding hydrogens is 412 g/mol. The Hall–Kier alpha value is -3.32. The maximum Gasteiger partial charge on any atom is 0.244 e. The van der Waals surface area contributed by atoms with Crippen molar-refractivity contribution >= 4 is 23.6 Å². The highest BCUT2D eigenvalue weighted by Crippen LogP contribution is 2.39. The number of nitrogens with zero attached hydrogens (tertiary/aromatic N) is 2. The lowest BCUT2D eigenvalue weighted by atomic mass is 10.0. The molecule has 1 aliphatic rings. The molecule has 0 aliphatic carbocycles. The fourth-order valence-corrected chi connectivity index (χ4v) is 3.48. The first-order valence-electron chi connectivity index (χ1n) is 9.15. The van der Waals surface area contributed by atoms with E-state index in [1.165, 1.54) is 12.4 Å². The predicted octanol–water partition coefficient (Wildman–Crippen LogP) is 4.21. The average molecular weight is 428 g/mol. The molecule has 0 fully saturated rings. The number of hydrogen-bond acceptors (Lipinski definition) is 4. The molecule has 0 saturated heterocycles. The molecule has 0 bridgehead atoms. The minimum Gasteiger partial charge on any atom is -0.486 e. The Morgan fingerprint density at radius 3 is 2.80 bits per heavy atom. The minimum atomic E-state index is -0.607. The van der Waals surface area contributed by atoms with Crippen LogP contribution in [0.2, 0.25) is 5.02 Å². The molecule has 152 valence electrons. The quantitative estimate of drug-likeness (QED) is 0.619. The van der Waals surface area contributed by atoms with Crippen LogP contribution in [0.3, 0.4) is 0 Å². The summed E-state index contributed by atoms with van der Waals surface area (Å²) in [7, 11) is 0. The van der Waals surface area contributed by atoms with Crippen molar-refractivity contribution in [2.45, 2.75) is 12.5 Å². The van der Waals surface area contributed by atoms with Crippen LogP contribution in [0.15, 0.2) is 55.1 Å². The van der Waals surface area contributed by atoms with Gasteiger partial charge in [0.1, 0.15) is 29.8 Å². The third-order valence-corrected chi connectivity index (χ3v) is 4.90. The van der Waals surface area contributed by atoms with Crippen LogP contribution in [0.5, 0.6) is 5.75 Å². The molecule has 0 radical (unpaired) electrons. The summed E-state index contributed by atoms with van der Waals surface area (Å²) in [6.45, 7) is 0.240. The third kappa shape index (κ3) is 4.46. The summed E-state index contributed by atoms with van der Waals surface area (Å²) >= 11 is 6.37. The van der Waals surface area contributed by atoms with Gasteiger partial charge in [-0.15, -0.1) is 0 Å². The van der Waals surface area contributed by atoms with E-state index in [4.69, 9.17) is 16.3 Å². The lowest BCUT2D eigenvalue weighted by molar-refractivity contribution is -0.116. The molecule has 1 aliphatic heterocycles. The van der Waals surface area contributed by atoms with E-state index in [2.05, 4.69) is 15.3 Å². The number of amides is 1. The molecule has 5 nitrogen and oxygen atoms in total. The summed E-state index contributed by atoms with van der Waals surface area (Å²) in [5, 5.41) is 3.17. The highest BCUT2D eigenvalue weighted by Gasteiger charge is 2.26. The van der Waals surface area contributed by atoms with Gasteiger partial charge in [-0.25, -0.2) is 18.7 Å². The van der Waals surface area contributed by atoms with Crippen LogP contribution >= 0.6 is 11.6 Å². The van der Waals surface area contributed by atoms with E-state index < -0.39 is 17.5 Å². The first kappa shape index (κ1) is 20.0. The predicted molar refractivity (Wildman–Crippen MR) is 109 cm³/mol. The number of hydrogen-bond donors (Lipinski definition) is 1. The zero-order chi connectivity index (χ0) is 21.1. The Kier molecular flexibility index (Phi) is 5.72. The minimum absolute atomic E-state index is 0.00104. The Balaban J connectivity index is 1.38. The molecule has 4 rings (SSSR count). The fraction of sp³-hybridized carbons (Fsp3) is 0.136. The number of rotatable bonds is 5. The molecule has 30 heavy (non-hydrogen) atoms. The van der Waals surface area contributed by atoms with Gasteiger partial charge in [-0.1, -0.05) is 11.6 Å². The SMILES string of the molecule is O=C(C=Cc1cc(F)ccc1F)NCC1Cc2cc(-c3cncnc3)cc(Cl)c2O1. The maximum absolute atomic E-state index is 13.6. The van der Waals surface area contributed by atoms with Gasteiger partial charge < -0.3 is 10.1 Å². The number of ether oxygens (including phenoxy) is 1. The lowest BCUT2D eigenvalue weighted by Crippen LogP contribution is -2.33. The second-order valence-electron chi connectivity index (χ2n) is 6.76. The highest BCUT2D eigenvalue weighted by atomic mass is 35.5. The van der Waals surface area contributed by atoms with E-state index in [0.717, 1.165) is 41.0 Å². The van der Waals surface area contributed by atoms with Crippen LogP contribution in [0, 0.1) is 11.6 Å². The van der Waals surface area contributed by atoms with E-state index in [0.29, 0.717) is 17.2 Å². The van der Waals surface area contributed by atoms with Crippen LogP contribution in [0.1, 0.15) is 11.1 Å². The van der Waals surface area contributed by atoms with Crippen molar-refractivity contribution in [1.82, 2.24) is 15.3 Å². The molecule has 1 amide bonds. The van der Waals surface area contributed by atoms with Crippen molar-refractivity contribution in [3.05, 3.63) is 82.9 Å². The Morgan fingerprint density at radius 1 is 1.20 bits per heavy atom. The molecule has 1 atom stereocenters. The van der Waals surface area contributed by atoms with Crippen molar-refractivity contribution in [2.24, 2.45) is 0 Å². The first-order valence-corrected chi connectivity index (χ1v) is 9.53. The van der Waals surface area contributed by atoms with Gasteiger partial charge in [-0.2, -0.15) is 0 Å². The van der Waals surface area contributed by atoms with Crippen molar-refractivity contribution in [3.8, 4) is 16.9 Å². The Bertz CT molecular complexity index is 1120. The van der Waals surface area contributed by atoms with Crippen LogP contribution in [0.25, 0.3) is 17.2 Å². The molecule has 3 aromatic rings. The largest absolute Gasteiger partial charge is 0.486 e. The molecule has 2 heterocycles. The van der Waals surface area contributed by atoms with E-state index in [1.807, 2.05) is 6.07 Å². The fourth-order valence-electron chi connectivity index (χ4n) is 3.20. The summed E-state index contributed by atoms with van der Waals surface area (Å²) in [5.74, 6) is -1.03. The zero-order valence-electron chi connectivity index (χ0n) is 15.6. The number of benzene rings is 2. The molecule has 1 N–H and O–H groups in total. The van der Waals surface area contributed by atoms with Gasteiger partial charge in [0.05, 0.1) is 11.6 Å². The number of aromatic nitrogens is 2. The smallest absolute Gasteiger partial charge is 0.244 e. The van der Waals surface area contributed by atoms with Gasteiger partial charge in [-0.3, -0.25) is 4.79 Å². The maximum atomic E-state index is 13.6. The van der Waals surface area contributed by atoms with Crippen LogP contribution in [-0.4, -0.2) is 28.5 Å². The number of halogens is 3. The monoisotopic (exact) mass is 427 g/mol. The molecule has 1 aromatic heterocycles. The molecule has 8 heteroatoms. The van der Waals surface area contributed by atoms with Crippen LogP contribution in [0.4, 0.5) is 8.78 Å². The average Bonchev–Trinajstić information content (AvgIpc) is 3.17. The van der Waals surface area contributed by atoms with Gasteiger partial charge in [-0.05, 0) is 42.0 Å². The molecular formula is C22H16ClF2N3O2. The topological polar surface area (TPSA) is 64.1 Å². The van der Waals surface area contributed by atoms with Gasteiger partial charge in [0.25, 0.3) is 0 Å². The molecule has 1 unspecified atom stereocenters. The van der Waals surface area contributed by atoms with Crippen molar-refractivity contribution in [1.29, 1.82) is 0 Å². The lowest BCUT2D eigenvalue weighted by Gasteiger charge is -2.11. The summed E-state index contributed by atoms with van der Waals surface area (Å²) in [6.07, 6.45) is 7.52. The summed E-state index contributed by atoms with van der Waals surface area (Å²) in [4.78, 5) is 20.1. The van der Waals surface area contributed by atoms with E-state index in [9.17, 15) is 13.6 Å². The summed E-state index contributed by atoms with van der Waals surface area (Å²) < 4.78 is 32.7. The number of carbonyl (C=O) groups excluding carboxylic acids is 1. The zero-order valence-corrected chi connectivity index (χ0v) is 16.4. The van der Waals surface area contributed by atoms with Crippen molar-refractivity contribution < 1.29 is 18.3 Å². The molecule has 2 aromatic carbocycles. The summed E-state index contributed by atoms with van der Waals surface area (Å²) in [5.41, 5.74) is 2.65. The second kappa shape index (κ2) is 8.59. The number of fused-ring (bicyclic) bond motifs is 1. The van der Waals surface area contributed by atoms with E-state index in [-0.39, 0.29) is 18.2 Å². The summed E-state index contributed by atoms with van der Waals surface area (Å²) in [6, 6.07) is 6.80. The molecule has 0 spiro atoms. The Labute approximate surface area is 176 Å². The van der Waals surface area contributed by atoms with Gasteiger partial charge in [0.2, 0.25) is 5.91 Å².